The molecule has 1 aromatic heterocycles. The second kappa shape index (κ2) is 9.93. The van der Waals surface area contributed by atoms with Gasteiger partial charge in [0.2, 0.25) is 17.6 Å². The molecule has 0 spiro atoms. The fourth-order valence-corrected chi connectivity index (χ4v) is 3.94. The second-order valence-corrected chi connectivity index (χ2v) is 8.09. The van der Waals surface area contributed by atoms with E-state index in [1.54, 1.807) is 36.4 Å². The molecule has 4 rings (SSSR count). The summed E-state index contributed by atoms with van der Waals surface area (Å²) >= 11 is 6.04. The van der Waals surface area contributed by atoms with Crippen molar-refractivity contribution in [3.05, 3.63) is 65.0 Å². The van der Waals surface area contributed by atoms with Crippen LogP contribution >= 0.6 is 11.6 Å². The number of carbonyl (C=O) groups excluding carboxylic acids is 2. The van der Waals surface area contributed by atoms with Gasteiger partial charge in [-0.2, -0.15) is 4.98 Å². The van der Waals surface area contributed by atoms with Crippen LogP contribution in [0, 0.1) is 5.92 Å². The second-order valence-electron chi connectivity index (χ2n) is 7.66. The minimum absolute atomic E-state index is 0.0816. The number of hydrogen-bond acceptors (Lipinski definition) is 7. The molecule has 1 aliphatic heterocycles. The quantitative estimate of drug-likeness (QED) is 0.561. The number of halogens is 1. The zero-order valence-corrected chi connectivity index (χ0v) is 18.3. The first-order valence-corrected chi connectivity index (χ1v) is 10.7. The van der Waals surface area contributed by atoms with E-state index < -0.39 is 5.97 Å². The van der Waals surface area contributed by atoms with Crippen LogP contribution in [0.1, 0.15) is 29.1 Å². The standard InChI is InChI=1S/C23H23ClN4O4/c1-31-23(30)16-6-3-9-19(12-16)25-22(29)17-7-4-10-28(13-17)14-20-26-21(27-32-20)15-5-2-8-18(24)11-15/h2-3,5-6,8-9,11-12,17H,4,7,10,13-14H2,1H3,(H,25,29). The summed E-state index contributed by atoms with van der Waals surface area (Å²) in [7, 11) is 1.32. The summed E-state index contributed by atoms with van der Waals surface area (Å²) in [5.74, 6) is 0.274. The normalized spacial score (nSPS) is 16.5. The van der Waals surface area contributed by atoms with Gasteiger partial charge in [0.05, 0.1) is 25.1 Å². The van der Waals surface area contributed by atoms with E-state index in [-0.39, 0.29) is 11.8 Å². The smallest absolute Gasteiger partial charge is 0.337 e. The van der Waals surface area contributed by atoms with E-state index in [1.807, 2.05) is 12.1 Å². The van der Waals surface area contributed by atoms with Crippen LogP contribution < -0.4 is 5.32 Å². The summed E-state index contributed by atoms with van der Waals surface area (Å²) in [4.78, 5) is 31.1. The number of hydrogen-bond donors (Lipinski definition) is 1. The van der Waals surface area contributed by atoms with Crippen LogP contribution in [0.3, 0.4) is 0 Å². The monoisotopic (exact) mass is 454 g/mol. The lowest BCUT2D eigenvalue weighted by atomic mass is 9.97. The third kappa shape index (κ3) is 5.33. The van der Waals surface area contributed by atoms with Crippen molar-refractivity contribution in [2.45, 2.75) is 19.4 Å². The van der Waals surface area contributed by atoms with Gasteiger partial charge in [-0.15, -0.1) is 0 Å². The summed E-state index contributed by atoms with van der Waals surface area (Å²) in [5, 5.41) is 7.56. The van der Waals surface area contributed by atoms with Crippen LogP contribution in [0.4, 0.5) is 5.69 Å². The molecule has 9 heteroatoms. The van der Waals surface area contributed by atoms with Crippen molar-refractivity contribution in [3.8, 4) is 11.4 Å². The first-order valence-electron chi connectivity index (χ1n) is 10.3. The van der Waals surface area contributed by atoms with Crippen LogP contribution in [0.15, 0.2) is 53.1 Å². The van der Waals surface area contributed by atoms with Crippen molar-refractivity contribution in [2.24, 2.45) is 5.92 Å². The number of methoxy groups -OCH3 is 1. The number of piperidine rings is 1. The van der Waals surface area contributed by atoms with Gasteiger partial charge in [-0.1, -0.05) is 35.0 Å². The molecule has 1 aliphatic rings. The van der Waals surface area contributed by atoms with Crippen molar-refractivity contribution in [2.75, 3.05) is 25.5 Å². The largest absolute Gasteiger partial charge is 0.465 e. The summed E-state index contributed by atoms with van der Waals surface area (Å²) in [6, 6.07) is 14.0. The SMILES string of the molecule is COC(=O)c1cccc(NC(=O)C2CCCN(Cc3nc(-c4cccc(Cl)c4)no3)C2)c1. The molecule has 1 N–H and O–H groups in total. The fourth-order valence-electron chi connectivity index (χ4n) is 3.75. The van der Waals surface area contributed by atoms with Gasteiger partial charge in [-0.3, -0.25) is 9.69 Å². The van der Waals surface area contributed by atoms with E-state index in [0.29, 0.717) is 41.1 Å². The van der Waals surface area contributed by atoms with Gasteiger partial charge < -0.3 is 14.6 Å². The summed E-state index contributed by atoms with van der Waals surface area (Å²) in [6.45, 7) is 1.89. The van der Waals surface area contributed by atoms with Crippen molar-refractivity contribution in [1.29, 1.82) is 0 Å². The van der Waals surface area contributed by atoms with Gasteiger partial charge in [0, 0.05) is 22.8 Å². The number of anilines is 1. The highest BCUT2D eigenvalue weighted by Crippen LogP contribution is 2.23. The predicted octanol–water partition coefficient (Wildman–Crippen LogP) is 4.03. The average Bonchev–Trinajstić information content (AvgIpc) is 3.27. The maximum atomic E-state index is 12.8. The highest BCUT2D eigenvalue weighted by Gasteiger charge is 2.27. The van der Waals surface area contributed by atoms with Crippen molar-refractivity contribution < 1.29 is 18.8 Å². The third-order valence-corrected chi connectivity index (χ3v) is 5.57. The zero-order chi connectivity index (χ0) is 22.5. The molecule has 0 saturated carbocycles. The molecule has 0 radical (unpaired) electrons. The third-order valence-electron chi connectivity index (χ3n) is 5.34. The maximum absolute atomic E-state index is 12.8. The number of carbonyl (C=O) groups is 2. The Hall–Kier alpha value is -3.23. The predicted molar refractivity (Wildman–Crippen MR) is 119 cm³/mol. The lowest BCUT2D eigenvalue weighted by molar-refractivity contribution is -0.121. The van der Waals surface area contributed by atoms with Gasteiger partial charge in [0.15, 0.2) is 0 Å². The van der Waals surface area contributed by atoms with E-state index in [2.05, 4.69) is 20.4 Å². The highest BCUT2D eigenvalue weighted by molar-refractivity contribution is 6.30. The number of amides is 1. The first-order chi connectivity index (χ1) is 15.5. The van der Waals surface area contributed by atoms with Crippen LogP contribution in [0.25, 0.3) is 11.4 Å². The number of ether oxygens (including phenoxy) is 1. The molecule has 166 valence electrons. The molecule has 32 heavy (non-hydrogen) atoms. The minimum atomic E-state index is -0.443. The molecule has 2 aromatic carbocycles. The van der Waals surface area contributed by atoms with Gasteiger partial charge in [-0.25, -0.2) is 4.79 Å². The van der Waals surface area contributed by atoms with Crippen molar-refractivity contribution >= 4 is 29.2 Å². The van der Waals surface area contributed by atoms with E-state index in [0.717, 1.165) is 24.9 Å². The Kier molecular flexibility index (Phi) is 6.82. The molecule has 1 unspecified atom stereocenters. The van der Waals surface area contributed by atoms with Crippen molar-refractivity contribution in [1.82, 2.24) is 15.0 Å². The van der Waals surface area contributed by atoms with Crippen LogP contribution in [-0.2, 0) is 16.1 Å². The van der Waals surface area contributed by atoms with Gasteiger partial charge in [0.25, 0.3) is 0 Å². The molecular formula is C23H23ClN4O4. The van der Waals surface area contributed by atoms with Crippen LogP contribution in [0.2, 0.25) is 5.02 Å². The summed E-state index contributed by atoms with van der Waals surface area (Å²) in [5.41, 5.74) is 1.75. The van der Waals surface area contributed by atoms with Crippen molar-refractivity contribution in [3.63, 3.8) is 0 Å². The van der Waals surface area contributed by atoms with Gasteiger partial charge in [-0.05, 0) is 49.7 Å². The topological polar surface area (TPSA) is 97.6 Å². The van der Waals surface area contributed by atoms with Crippen LogP contribution in [-0.4, -0.2) is 47.1 Å². The molecule has 1 atom stereocenters. The highest BCUT2D eigenvalue weighted by atomic mass is 35.5. The molecule has 2 heterocycles. The number of rotatable bonds is 6. The average molecular weight is 455 g/mol. The Morgan fingerprint density at radius 2 is 2.09 bits per heavy atom. The molecule has 1 amide bonds. The summed E-state index contributed by atoms with van der Waals surface area (Å²) in [6.07, 6.45) is 1.67. The molecule has 1 fully saturated rings. The number of nitrogens with one attached hydrogen (secondary N) is 1. The molecule has 0 aliphatic carbocycles. The Labute approximate surface area is 190 Å². The van der Waals surface area contributed by atoms with E-state index in [9.17, 15) is 9.59 Å². The molecular weight excluding hydrogens is 432 g/mol. The Morgan fingerprint density at radius 3 is 2.91 bits per heavy atom. The minimum Gasteiger partial charge on any atom is -0.465 e. The van der Waals surface area contributed by atoms with E-state index >= 15 is 0 Å². The lowest BCUT2D eigenvalue weighted by Gasteiger charge is -2.30. The molecule has 0 bridgehead atoms. The number of nitrogens with zero attached hydrogens (tertiary/aromatic N) is 3. The number of likely N-dealkylation sites (tertiary alicyclic amines) is 1. The van der Waals surface area contributed by atoms with E-state index in [4.69, 9.17) is 20.9 Å². The maximum Gasteiger partial charge on any atom is 0.337 e. The Morgan fingerprint density at radius 1 is 1.25 bits per heavy atom. The van der Waals surface area contributed by atoms with Gasteiger partial charge >= 0.3 is 5.97 Å². The Bertz CT molecular complexity index is 1120. The molecule has 8 nitrogen and oxygen atoms in total. The first kappa shape index (κ1) is 22.0. The fraction of sp³-hybridized carbons (Fsp3) is 0.304. The summed E-state index contributed by atoms with van der Waals surface area (Å²) < 4.78 is 10.1. The zero-order valence-electron chi connectivity index (χ0n) is 17.6. The van der Waals surface area contributed by atoms with E-state index in [1.165, 1.54) is 7.11 Å². The molecule has 1 saturated heterocycles. The Balaban J connectivity index is 1.36. The number of benzene rings is 2. The van der Waals surface area contributed by atoms with Crippen LogP contribution in [0.5, 0.6) is 0 Å². The lowest BCUT2D eigenvalue weighted by Crippen LogP contribution is -2.40. The van der Waals surface area contributed by atoms with Gasteiger partial charge in [0.1, 0.15) is 0 Å². The number of esters is 1. The molecule has 3 aromatic rings. The number of aromatic nitrogens is 2.